The number of benzene rings is 1. The second-order valence-corrected chi connectivity index (χ2v) is 11.9. The summed E-state index contributed by atoms with van der Waals surface area (Å²) in [5, 5.41) is 14.4. The van der Waals surface area contributed by atoms with Gasteiger partial charge >= 0.3 is 12.1 Å². The molecule has 12 heteroatoms. The van der Waals surface area contributed by atoms with Crippen molar-refractivity contribution in [1.82, 2.24) is 15.1 Å². The molecule has 0 amide bonds. The lowest BCUT2D eigenvalue weighted by Gasteiger charge is -2.28. The minimum Gasteiger partial charge on any atom is -0.485 e. The van der Waals surface area contributed by atoms with Crippen LogP contribution in [0.2, 0.25) is 0 Å². The van der Waals surface area contributed by atoms with Gasteiger partial charge in [-0.25, -0.2) is 9.78 Å². The van der Waals surface area contributed by atoms with Crippen molar-refractivity contribution in [3.05, 3.63) is 71.4 Å². The lowest BCUT2D eigenvalue weighted by molar-refractivity contribution is -0.140. The lowest BCUT2D eigenvalue weighted by atomic mass is 10.0. The highest BCUT2D eigenvalue weighted by atomic mass is 19.4. The van der Waals surface area contributed by atoms with E-state index < -0.39 is 17.8 Å². The number of fused-ring (bicyclic) bond motifs is 2. The number of aromatic nitrogens is 3. The van der Waals surface area contributed by atoms with Gasteiger partial charge in [0.1, 0.15) is 23.3 Å². The Bertz CT molecular complexity index is 1800. The highest BCUT2D eigenvalue weighted by molar-refractivity contribution is 5.94. The number of alkyl halides is 3. The number of halogens is 3. The van der Waals surface area contributed by atoms with E-state index in [2.05, 4.69) is 26.1 Å². The summed E-state index contributed by atoms with van der Waals surface area (Å²) in [5.41, 5.74) is 1.22. The molecule has 2 aliphatic heterocycles. The van der Waals surface area contributed by atoms with E-state index in [1.165, 1.54) is 18.2 Å². The van der Waals surface area contributed by atoms with E-state index in [-0.39, 0.29) is 29.0 Å². The fourth-order valence-electron chi connectivity index (χ4n) is 6.45. The molecule has 44 heavy (non-hydrogen) atoms. The number of pyridine rings is 2. The average molecular weight is 605 g/mol. The van der Waals surface area contributed by atoms with Gasteiger partial charge in [-0.15, -0.1) is 0 Å². The molecule has 4 aliphatic rings. The molecule has 5 heterocycles. The maximum absolute atomic E-state index is 13.8. The summed E-state index contributed by atoms with van der Waals surface area (Å²) in [6.07, 6.45) is 2.26. The number of aromatic carboxylic acids is 1. The van der Waals surface area contributed by atoms with E-state index in [4.69, 9.17) is 14.0 Å². The largest absolute Gasteiger partial charge is 0.485 e. The molecule has 1 aromatic carbocycles. The maximum atomic E-state index is 13.8. The Balaban J connectivity index is 1.02. The fraction of sp³-hybridized carbons (Fsp3) is 0.375. The van der Waals surface area contributed by atoms with Gasteiger partial charge in [-0.1, -0.05) is 17.3 Å². The Kier molecular flexibility index (Phi) is 6.19. The number of hydrogen-bond acceptors (Lipinski definition) is 8. The highest BCUT2D eigenvalue weighted by Gasteiger charge is 2.54. The van der Waals surface area contributed by atoms with Crippen LogP contribution in [0, 0.1) is 17.8 Å². The number of allylic oxidation sites excluding steroid dienone is 1. The minimum absolute atomic E-state index is 0.0727. The third-order valence-electron chi connectivity index (χ3n) is 9.02. The van der Waals surface area contributed by atoms with Crippen LogP contribution in [0.15, 0.2) is 53.2 Å². The van der Waals surface area contributed by atoms with Crippen molar-refractivity contribution in [1.29, 1.82) is 0 Å². The maximum Gasteiger partial charge on any atom is 0.434 e. The second kappa shape index (κ2) is 10.0. The molecule has 1 N–H and O–H groups in total. The first-order chi connectivity index (χ1) is 21.2. The van der Waals surface area contributed by atoms with Crippen molar-refractivity contribution in [2.24, 2.45) is 17.8 Å². The zero-order chi connectivity index (χ0) is 30.2. The molecule has 226 valence electrons. The number of hydrogen-bond donors (Lipinski definition) is 1. The zero-order valence-corrected chi connectivity index (χ0v) is 23.3. The van der Waals surface area contributed by atoms with E-state index in [1.54, 1.807) is 0 Å². The standard InChI is InChI=1S/C32H27F3N4O5/c33-32(34,35)30-21(2-1-9-36-30)28-20(29(44-38-28)16-3-4-16)7-6-19-23-12-39(13-24(19)23)17-5-8-25-22(10-17)27(43-18-14-42-15-18)11-26(37-25)31(40)41/h1-2,5-11,16,18-19,23-24H,3-4,12-15H2,(H,40,41)/b7-6+. The SMILES string of the molecule is O=C(O)c1cc(OC2COC2)c2cc(N3CC4C(/C=C/c5c(-c6cccnc6C(F)(F)F)noc5C5CC5)C4C3)ccc2n1. The summed E-state index contributed by atoms with van der Waals surface area (Å²) in [6, 6.07) is 10.1. The van der Waals surface area contributed by atoms with Gasteiger partial charge in [0.2, 0.25) is 0 Å². The van der Waals surface area contributed by atoms with E-state index in [0.29, 0.717) is 53.6 Å². The molecule has 0 radical (unpaired) electrons. The third-order valence-corrected chi connectivity index (χ3v) is 9.02. The first-order valence-electron chi connectivity index (χ1n) is 14.6. The topological polar surface area (TPSA) is 111 Å². The van der Waals surface area contributed by atoms with Crippen LogP contribution in [0.5, 0.6) is 5.75 Å². The van der Waals surface area contributed by atoms with Gasteiger partial charge in [0.05, 0.1) is 18.7 Å². The fourth-order valence-corrected chi connectivity index (χ4v) is 6.45. The van der Waals surface area contributed by atoms with Gasteiger partial charge < -0.3 is 24.0 Å². The van der Waals surface area contributed by atoms with E-state index in [1.807, 2.05) is 24.3 Å². The lowest BCUT2D eigenvalue weighted by Crippen LogP contribution is -2.38. The number of ether oxygens (including phenoxy) is 2. The molecule has 0 bridgehead atoms. The Morgan fingerprint density at radius 2 is 1.91 bits per heavy atom. The van der Waals surface area contributed by atoms with Crippen LogP contribution in [0.3, 0.4) is 0 Å². The molecular weight excluding hydrogens is 577 g/mol. The van der Waals surface area contributed by atoms with Gasteiger partial charge in [0.15, 0.2) is 11.4 Å². The van der Waals surface area contributed by atoms with Crippen molar-refractivity contribution in [3.63, 3.8) is 0 Å². The summed E-state index contributed by atoms with van der Waals surface area (Å²) in [5.74, 6) is 1.30. The highest BCUT2D eigenvalue weighted by Crippen LogP contribution is 2.54. The van der Waals surface area contributed by atoms with Crippen molar-refractivity contribution in [3.8, 4) is 17.0 Å². The van der Waals surface area contributed by atoms with E-state index in [0.717, 1.165) is 43.2 Å². The summed E-state index contributed by atoms with van der Waals surface area (Å²) >= 11 is 0. The first-order valence-corrected chi connectivity index (χ1v) is 14.6. The predicted molar refractivity (Wildman–Crippen MR) is 152 cm³/mol. The van der Waals surface area contributed by atoms with Gasteiger partial charge in [-0.3, -0.25) is 4.98 Å². The van der Waals surface area contributed by atoms with E-state index in [9.17, 15) is 23.1 Å². The number of carboxylic acid groups (broad SMARTS) is 1. The number of piperidine rings is 1. The van der Waals surface area contributed by atoms with Crippen molar-refractivity contribution in [2.45, 2.75) is 31.0 Å². The molecule has 8 rings (SSSR count). The molecule has 2 saturated carbocycles. The Morgan fingerprint density at radius 1 is 1.11 bits per heavy atom. The van der Waals surface area contributed by atoms with Crippen molar-refractivity contribution >= 4 is 28.6 Å². The second-order valence-electron chi connectivity index (χ2n) is 11.9. The molecule has 0 spiro atoms. The zero-order valence-electron chi connectivity index (χ0n) is 23.3. The van der Waals surface area contributed by atoms with Crippen LogP contribution in [-0.2, 0) is 10.9 Å². The molecule has 9 nitrogen and oxygen atoms in total. The number of carboxylic acids is 1. The van der Waals surface area contributed by atoms with Gasteiger partial charge in [0.25, 0.3) is 0 Å². The van der Waals surface area contributed by atoms with Crippen molar-refractivity contribution in [2.75, 3.05) is 31.2 Å². The van der Waals surface area contributed by atoms with E-state index >= 15 is 0 Å². The number of rotatable bonds is 8. The minimum atomic E-state index is -4.61. The molecular formula is C32H27F3N4O5. The van der Waals surface area contributed by atoms with Gasteiger partial charge in [0, 0.05) is 53.5 Å². The number of nitrogens with zero attached hydrogens (tertiary/aromatic N) is 4. The summed E-state index contributed by atoms with van der Waals surface area (Å²) in [4.78, 5) is 21.8. The van der Waals surface area contributed by atoms with Crippen LogP contribution in [0.1, 0.15) is 46.3 Å². The van der Waals surface area contributed by atoms with Crippen LogP contribution >= 0.6 is 0 Å². The average Bonchev–Trinajstić information content (AvgIpc) is 3.84. The molecule has 3 aromatic heterocycles. The molecule has 4 fully saturated rings. The van der Waals surface area contributed by atoms with Crippen LogP contribution < -0.4 is 9.64 Å². The predicted octanol–water partition coefficient (Wildman–Crippen LogP) is 6.05. The van der Waals surface area contributed by atoms with Crippen LogP contribution in [-0.4, -0.2) is 58.6 Å². The van der Waals surface area contributed by atoms with Crippen LogP contribution in [0.4, 0.5) is 18.9 Å². The first kappa shape index (κ1) is 27.1. The number of carbonyl (C=O) groups is 1. The molecule has 4 aromatic rings. The Hall–Kier alpha value is -4.45. The monoisotopic (exact) mass is 604 g/mol. The van der Waals surface area contributed by atoms with Gasteiger partial charge in [-0.2, -0.15) is 13.2 Å². The normalized spacial score (nSPS) is 23.2. The molecule has 2 atom stereocenters. The van der Waals surface area contributed by atoms with Crippen LogP contribution in [0.25, 0.3) is 28.2 Å². The Labute approximate surface area is 249 Å². The quantitative estimate of drug-likeness (QED) is 0.257. The van der Waals surface area contributed by atoms with Crippen molar-refractivity contribution < 1.29 is 37.1 Å². The molecule has 2 aliphatic carbocycles. The number of anilines is 1. The summed E-state index contributed by atoms with van der Waals surface area (Å²) in [7, 11) is 0. The van der Waals surface area contributed by atoms with Gasteiger partial charge in [-0.05, 0) is 60.9 Å². The summed E-state index contributed by atoms with van der Waals surface area (Å²) in [6.45, 7) is 2.57. The smallest absolute Gasteiger partial charge is 0.434 e. The summed E-state index contributed by atoms with van der Waals surface area (Å²) < 4.78 is 58.1. The molecule has 2 unspecified atom stereocenters. The molecule has 2 saturated heterocycles. The Morgan fingerprint density at radius 3 is 2.59 bits per heavy atom. The third kappa shape index (κ3) is 4.77.